The molecule has 1 N–H and O–H groups in total. The third-order valence-electron chi connectivity index (χ3n) is 5.45. The summed E-state index contributed by atoms with van der Waals surface area (Å²) in [6.07, 6.45) is 0. The van der Waals surface area contributed by atoms with Crippen LogP contribution >= 0.6 is 11.8 Å². The predicted molar refractivity (Wildman–Crippen MR) is 138 cm³/mol. The average molecular weight is 474 g/mol. The van der Waals surface area contributed by atoms with Crippen molar-refractivity contribution < 1.29 is 9.53 Å². The van der Waals surface area contributed by atoms with Gasteiger partial charge in [0.2, 0.25) is 5.91 Å². The number of ether oxygens (including phenoxy) is 1. The minimum absolute atomic E-state index is 0.153. The number of hydrogen-bond acceptors (Lipinski definition) is 5. The number of aromatic nitrogens is 2. The summed E-state index contributed by atoms with van der Waals surface area (Å²) in [4.78, 5) is 31.2. The van der Waals surface area contributed by atoms with Crippen LogP contribution in [0, 0.1) is 13.8 Å². The number of anilines is 1. The summed E-state index contributed by atoms with van der Waals surface area (Å²) < 4.78 is 7.10. The SMILES string of the molecule is CCOc1ccc(-n2c(SC(C)C(=O)Nc3cc(C)ccc3C)nc3ccccc3c2=O)cc1. The van der Waals surface area contributed by atoms with Crippen LogP contribution in [-0.4, -0.2) is 27.3 Å². The molecule has 1 unspecified atom stereocenters. The number of benzene rings is 3. The van der Waals surface area contributed by atoms with Gasteiger partial charge in [0.25, 0.3) is 5.56 Å². The van der Waals surface area contributed by atoms with E-state index in [1.807, 2.05) is 88.4 Å². The van der Waals surface area contributed by atoms with Crippen molar-refractivity contribution in [2.24, 2.45) is 0 Å². The average Bonchev–Trinajstić information content (AvgIpc) is 2.82. The lowest BCUT2D eigenvalue weighted by Crippen LogP contribution is -2.26. The molecule has 0 aliphatic heterocycles. The van der Waals surface area contributed by atoms with Crippen LogP contribution < -0.4 is 15.6 Å². The van der Waals surface area contributed by atoms with E-state index >= 15 is 0 Å². The Morgan fingerprint density at radius 1 is 1.09 bits per heavy atom. The zero-order valence-electron chi connectivity index (χ0n) is 19.7. The van der Waals surface area contributed by atoms with E-state index < -0.39 is 5.25 Å². The second-order valence-electron chi connectivity index (χ2n) is 8.05. The largest absolute Gasteiger partial charge is 0.494 e. The molecule has 1 atom stereocenters. The van der Waals surface area contributed by atoms with Gasteiger partial charge in [0, 0.05) is 5.69 Å². The Balaban J connectivity index is 1.70. The standard InChI is InChI=1S/C27H27N3O3S/c1-5-33-21-14-12-20(13-15-21)30-26(32)22-8-6-7-9-23(22)29-27(30)34-19(4)25(31)28-24-16-17(2)10-11-18(24)3/h6-16,19H,5H2,1-4H3,(H,28,31). The van der Waals surface area contributed by atoms with Gasteiger partial charge >= 0.3 is 0 Å². The highest BCUT2D eigenvalue weighted by Gasteiger charge is 2.21. The van der Waals surface area contributed by atoms with Crippen LogP contribution in [0.1, 0.15) is 25.0 Å². The summed E-state index contributed by atoms with van der Waals surface area (Å²) >= 11 is 1.25. The van der Waals surface area contributed by atoms with E-state index in [0.29, 0.717) is 28.4 Å². The highest BCUT2D eigenvalue weighted by Crippen LogP contribution is 2.27. The molecule has 0 spiro atoms. The van der Waals surface area contributed by atoms with E-state index in [-0.39, 0.29) is 11.5 Å². The van der Waals surface area contributed by atoms with Gasteiger partial charge in [0.05, 0.1) is 28.4 Å². The fraction of sp³-hybridized carbons (Fsp3) is 0.222. The first-order chi connectivity index (χ1) is 16.4. The molecule has 34 heavy (non-hydrogen) atoms. The lowest BCUT2D eigenvalue weighted by Gasteiger charge is -2.17. The number of amides is 1. The van der Waals surface area contributed by atoms with Gasteiger partial charge in [-0.1, -0.05) is 36.0 Å². The highest BCUT2D eigenvalue weighted by molar-refractivity contribution is 8.00. The molecule has 4 aromatic rings. The van der Waals surface area contributed by atoms with Crippen LogP contribution in [0.4, 0.5) is 5.69 Å². The Kier molecular flexibility index (Phi) is 7.03. The number of hydrogen-bond donors (Lipinski definition) is 1. The van der Waals surface area contributed by atoms with Gasteiger partial charge < -0.3 is 10.1 Å². The number of para-hydroxylation sites is 1. The Morgan fingerprint density at radius 2 is 1.82 bits per heavy atom. The van der Waals surface area contributed by atoms with E-state index in [1.165, 1.54) is 11.8 Å². The molecule has 0 radical (unpaired) electrons. The zero-order chi connectivity index (χ0) is 24.2. The Morgan fingerprint density at radius 3 is 2.56 bits per heavy atom. The third kappa shape index (κ3) is 4.99. The minimum atomic E-state index is -0.484. The molecule has 7 heteroatoms. The molecule has 6 nitrogen and oxygen atoms in total. The minimum Gasteiger partial charge on any atom is -0.494 e. The molecule has 1 heterocycles. The van der Waals surface area contributed by atoms with Gasteiger partial charge in [-0.15, -0.1) is 0 Å². The van der Waals surface area contributed by atoms with Crippen molar-refractivity contribution in [3.05, 3.63) is 88.2 Å². The summed E-state index contributed by atoms with van der Waals surface area (Å²) in [6, 6.07) is 20.5. The second kappa shape index (κ2) is 10.1. The lowest BCUT2D eigenvalue weighted by molar-refractivity contribution is -0.115. The second-order valence-corrected chi connectivity index (χ2v) is 9.35. The van der Waals surface area contributed by atoms with Crippen molar-refractivity contribution in [1.29, 1.82) is 0 Å². The topological polar surface area (TPSA) is 73.2 Å². The predicted octanol–water partition coefficient (Wildman–Crippen LogP) is 5.52. The molecule has 0 saturated heterocycles. The van der Waals surface area contributed by atoms with Gasteiger partial charge in [-0.2, -0.15) is 0 Å². The van der Waals surface area contributed by atoms with Crippen molar-refractivity contribution in [2.45, 2.75) is 38.1 Å². The molecule has 1 aromatic heterocycles. The summed E-state index contributed by atoms with van der Waals surface area (Å²) in [6.45, 7) is 8.24. The van der Waals surface area contributed by atoms with Crippen molar-refractivity contribution in [3.63, 3.8) is 0 Å². The van der Waals surface area contributed by atoms with Crippen LogP contribution in [0.5, 0.6) is 5.75 Å². The molecule has 0 saturated carbocycles. The number of thioether (sulfide) groups is 1. The van der Waals surface area contributed by atoms with Crippen molar-refractivity contribution >= 4 is 34.3 Å². The maximum Gasteiger partial charge on any atom is 0.266 e. The van der Waals surface area contributed by atoms with Crippen LogP contribution in [0.15, 0.2) is 76.7 Å². The molecule has 0 aliphatic rings. The van der Waals surface area contributed by atoms with Gasteiger partial charge in [-0.05, 0) is 81.3 Å². The summed E-state index contributed by atoms with van der Waals surface area (Å²) in [5, 5.41) is 3.50. The van der Waals surface area contributed by atoms with Crippen LogP contribution in [0.25, 0.3) is 16.6 Å². The fourth-order valence-corrected chi connectivity index (χ4v) is 4.52. The van der Waals surface area contributed by atoms with Crippen LogP contribution in [0.3, 0.4) is 0 Å². The molecule has 0 bridgehead atoms. The van der Waals surface area contributed by atoms with Gasteiger partial charge in [-0.3, -0.25) is 14.2 Å². The van der Waals surface area contributed by atoms with E-state index in [4.69, 9.17) is 9.72 Å². The third-order valence-corrected chi connectivity index (χ3v) is 6.51. The molecule has 1 amide bonds. The first-order valence-electron chi connectivity index (χ1n) is 11.2. The van der Waals surface area contributed by atoms with E-state index in [2.05, 4.69) is 5.32 Å². The highest BCUT2D eigenvalue weighted by atomic mass is 32.2. The maximum absolute atomic E-state index is 13.5. The first-order valence-corrected chi connectivity index (χ1v) is 12.0. The van der Waals surface area contributed by atoms with Crippen molar-refractivity contribution in [1.82, 2.24) is 9.55 Å². The van der Waals surface area contributed by atoms with Crippen LogP contribution in [-0.2, 0) is 4.79 Å². The van der Waals surface area contributed by atoms with Gasteiger partial charge in [0.15, 0.2) is 5.16 Å². The number of rotatable bonds is 7. The molecular formula is C27H27N3O3S. The molecule has 4 rings (SSSR count). The zero-order valence-corrected chi connectivity index (χ0v) is 20.5. The monoisotopic (exact) mass is 473 g/mol. The molecule has 3 aromatic carbocycles. The lowest BCUT2D eigenvalue weighted by atomic mass is 10.1. The summed E-state index contributed by atoms with van der Waals surface area (Å²) in [5.74, 6) is 0.572. The number of nitrogens with one attached hydrogen (secondary N) is 1. The van der Waals surface area contributed by atoms with Gasteiger partial charge in [-0.25, -0.2) is 4.98 Å². The maximum atomic E-state index is 13.5. The Labute approximate surface area is 203 Å². The molecule has 0 aliphatic carbocycles. The molecule has 0 fully saturated rings. The number of fused-ring (bicyclic) bond motifs is 1. The summed E-state index contributed by atoms with van der Waals surface area (Å²) in [7, 11) is 0. The normalized spacial score (nSPS) is 11.9. The molecule has 174 valence electrons. The first kappa shape index (κ1) is 23.6. The number of carbonyl (C=O) groups excluding carboxylic acids is 1. The smallest absolute Gasteiger partial charge is 0.266 e. The number of nitrogens with zero attached hydrogens (tertiary/aromatic N) is 2. The number of carbonyl (C=O) groups is 1. The van der Waals surface area contributed by atoms with Crippen molar-refractivity contribution in [3.8, 4) is 11.4 Å². The number of aryl methyl sites for hydroxylation is 2. The Bertz CT molecular complexity index is 1400. The van der Waals surface area contributed by atoms with Crippen LogP contribution in [0.2, 0.25) is 0 Å². The van der Waals surface area contributed by atoms with Crippen molar-refractivity contribution in [2.75, 3.05) is 11.9 Å². The van der Waals surface area contributed by atoms with E-state index in [1.54, 1.807) is 10.6 Å². The quantitative estimate of drug-likeness (QED) is 0.283. The van der Waals surface area contributed by atoms with E-state index in [9.17, 15) is 9.59 Å². The Hall–Kier alpha value is -3.58. The van der Waals surface area contributed by atoms with E-state index in [0.717, 1.165) is 22.6 Å². The fourth-order valence-electron chi connectivity index (χ4n) is 3.59. The summed E-state index contributed by atoms with van der Waals surface area (Å²) in [5.41, 5.74) is 3.93. The molecular weight excluding hydrogens is 446 g/mol. The van der Waals surface area contributed by atoms with Gasteiger partial charge in [0.1, 0.15) is 5.75 Å².